The van der Waals surface area contributed by atoms with Gasteiger partial charge in [0.15, 0.2) is 0 Å². The summed E-state index contributed by atoms with van der Waals surface area (Å²) in [6.07, 6.45) is 9.08. The highest BCUT2D eigenvalue weighted by molar-refractivity contribution is 5.08. The molecule has 0 aromatic rings. The van der Waals surface area contributed by atoms with Crippen molar-refractivity contribution in [3.8, 4) is 0 Å². The van der Waals surface area contributed by atoms with Crippen LogP contribution >= 0.6 is 0 Å². The van der Waals surface area contributed by atoms with E-state index < -0.39 is 0 Å². The summed E-state index contributed by atoms with van der Waals surface area (Å²) in [6, 6.07) is 0.710. The van der Waals surface area contributed by atoms with Crippen LogP contribution in [0.15, 0.2) is 0 Å². The van der Waals surface area contributed by atoms with Gasteiger partial charge in [0.05, 0.1) is 12.2 Å². The average molecular weight is 211 g/mol. The summed E-state index contributed by atoms with van der Waals surface area (Å²) >= 11 is 0. The molecule has 2 heteroatoms. The first-order valence-electron chi connectivity index (χ1n) is 6.52. The third-order valence-electron chi connectivity index (χ3n) is 4.35. The SMILES string of the molecule is CNC1CC(OC(C)C)C12CCCCC2. The molecule has 2 saturated carbocycles. The summed E-state index contributed by atoms with van der Waals surface area (Å²) in [4.78, 5) is 0. The average Bonchev–Trinajstić information content (AvgIpc) is 2.24. The van der Waals surface area contributed by atoms with Crippen LogP contribution < -0.4 is 5.32 Å². The molecule has 0 aromatic heterocycles. The molecule has 0 bridgehead atoms. The molecule has 2 aliphatic carbocycles. The Morgan fingerprint density at radius 3 is 2.40 bits per heavy atom. The van der Waals surface area contributed by atoms with Crippen LogP contribution in [0, 0.1) is 5.41 Å². The van der Waals surface area contributed by atoms with Crippen LogP contribution in [-0.2, 0) is 4.74 Å². The summed E-state index contributed by atoms with van der Waals surface area (Å²) in [5, 5.41) is 3.49. The second-order valence-electron chi connectivity index (χ2n) is 5.54. The molecule has 2 aliphatic rings. The van der Waals surface area contributed by atoms with Gasteiger partial charge in [0.2, 0.25) is 0 Å². The molecule has 1 N–H and O–H groups in total. The number of rotatable bonds is 3. The van der Waals surface area contributed by atoms with Crippen molar-refractivity contribution in [1.82, 2.24) is 5.32 Å². The second kappa shape index (κ2) is 4.42. The van der Waals surface area contributed by atoms with E-state index in [9.17, 15) is 0 Å². The molecule has 0 saturated heterocycles. The fraction of sp³-hybridized carbons (Fsp3) is 1.00. The van der Waals surface area contributed by atoms with Crippen LogP contribution in [0.25, 0.3) is 0 Å². The summed E-state index contributed by atoms with van der Waals surface area (Å²) in [5.41, 5.74) is 0.483. The quantitative estimate of drug-likeness (QED) is 0.775. The molecule has 2 nitrogen and oxygen atoms in total. The minimum Gasteiger partial charge on any atom is -0.375 e. The predicted octanol–water partition coefficient (Wildman–Crippen LogP) is 2.72. The molecule has 2 unspecified atom stereocenters. The van der Waals surface area contributed by atoms with Crippen molar-refractivity contribution in [2.45, 2.75) is 70.6 Å². The molecular weight excluding hydrogens is 186 g/mol. The van der Waals surface area contributed by atoms with Crippen LogP contribution in [0.2, 0.25) is 0 Å². The zero-order valence-electron chi connectivity index (χ0n) is 10.4. The molecule has 0 amide bonds. The molecule has 0 heterocycles. The van der Waals surface area contributed by atoms with Gasteiger partial charge in [0.25, 0.3) is 0 Å². The highest BCUT2D eigenvalue weighted by Gasteiger charge is 2.55. The molecule has 0 aliphatic heterocycles. The van der Waals surface area contributed by atoms with E-state index >= 15 is 0 Å². The minimum absolute atomic E-state index is 0.381. The molecule has 2 rings (SSSR count). The summed E-state index contributed by atoms with van der Waals surface area (Å²) in [6.45, 7) is 4.31. The highest BCUT2D eigenvalue weighted by atomic mass is 16.5. The Bertz CT molecular complexity index is 209. The Labute approximate surface area is 93.8 Å². The van der Waals surface area contributed by atoms with E-state index in [0.29, 0.717) is 23.7 Å². The molecule has 88 valence electrons. The van der Waals surface area contributed by atoms with Crippen LogP contribution in [0.3, 0.4) is 0 Å². The molecule has 1 spiro atoms. The van der Waals surface area contributed by atoms with E-state index in [1.54, 1.807) is 0 Å². The second-order valence-corrected chi connectivity index (χ2v) is 5.54. The first-order valence-corrected chi connectivity index (χ1v) is 6.52. The lowest BCUT2D eigenvalue weighted by Gasteiger charge is -2.58. The number of hydrogen-bond donors (Lipinski definition) is 1. The molecule has 2 atom stereocenters. The van der Waals surface area contributed by atoms with Crippen molar-refractivity contribution in [3.05, 3.63) is 0 Å². The van der Waals surface area contributed by atoms with Crippen molar-refractivity contribution < 1.29 is 4.74 Å². The standard InChI is InChI=1S/C13H25NO/c1-10(2)15-12-9-11(14-3)13(12)7-5-4-6-8-13/h10-12,14H,4-9H2,1-3H3. The van der Waals surface area contributed by atoms with Crippen LogP contribution in [0.5, 0.6) is 0 Å². The van der Waals surface area contributed by atoms with Crippen LogP contribution in [0.1, 0.15) is 52.4 Å². The first kappa shape index (κ1) is 11.4. The van der Waals surface area contributed by atoms with Gasteiger partial charge in [-0.15, -0.1) is 0 Å². The van der Waals surface area contributed by atoms with Gasteiger partial charge >= 0.3 is 0 Å². The number of hydrogen-bond acceptors (Lipinski definition) is 2. The van der Waals surface area contributed by atoms with E-state index in [2.05, 4.69) is 26.2 Å². The number of nitrogens with one attached hydrogen (secondary N) is 1. The minimum atomic E-state index is 0.381. The molecule has 0 aromatic carbocycles. The summed E-state index contributed by atoms with van der Waals surface area (Å²) in [5.74, 6) is 0. The Morgan fingerprint density at radius 1 is 1.20 bits per heavy atom. The maximum absolute atomic E-state index is 6.07. The Kier molecular flexibility index (Phi) is 3.36. The van der Waals surface area contributed by atoms with Gasteiger partial charge < -0.3 is 10.1 Å². The van der Waals surface area contributed by atoms with Gasteiger partial charge in [0, 0.05) is 11.5 Å². The van der Waals surface area contributed by atoms with E-state index in [0.717, 1.165) is 0 Å². The van der Waals surface area contributed by atoms with E-state index in [1.807, 2.05) is 0 Å². The van der Waals surface area contributed by atoms with Crippen molar-refractivity contribution >= 4 is 0 Å². The Morgan fingerprint density at radius 2 is 1.87 bits per heavy atom. The maximum atomic E-state index is 6.07. The zero-order chi connectivity index (χ0) is 10.9. The molecule has 2 fully saturated rings. The van der Waals surface area contributed by atoms with Gasteiger partial charge in [-0.1, -0.05) is 19.3 Å². The highest BCUT2D eigenvalue weighted by Crippen LogP contribution is 2.53. The third-order valence-corrected chi connectivity index (χ3v) is 4.35. The van der Waals surface area contributed by atoms with Crippen LogP contribution in [0.4, 0.5) is 0 Å². The zero-order valence-corrected chi connectivity index (χ0v) is 10.4. The monoisotopic (exact) mass is 211 g/mol. The van der Waals surface area contributed by atoms with E-state index in [1.165, 1.54) is 38.5 Å². The van der Waals surface area contributed by atoms with E-state index in [-0.39, 0.29) is 0 Å². The van der Waals surface area contributed by atoms with Crippen molar-refractivity contribution in [2.24, 2.45) is 5.41 Å². The maximum Gasteiger partial charge on any atom is 0.0664 e. The summed E-state index contributed by atoms with van der Waals surface area (Å²) in [7, 11) is 2.10. The molecule has 15 heavy (non-hydrogen) atoms. The lowest BCUT2D eigenvalue weighted by Crippen LogP contribution is -2.64. The van der Waals surface area contributed by atoms with Crippen molar-refractivity contribution in [3.63, 3.8) is 0 Å². The lowest BCUT2D eigenvalue weighted by molar-refractivity contribution is -0.168. The molecular formula is C13H25NO. The van der Waals surface area contributed by atoms with Crippen molar-refractivity contribution in [1.29, 1.82) is 0 Å². The largest absolute Gasteiger partial charge is 0.375 e. The first-order chi connectivity index (χ1) is 7.19. The van der Waals surface area contributed by atoms with Gasteiger partial charge in [0.1, 0.15) is 0 Å². The molecule has 0 radical (unpaired) electrons. The number of ether oxygens (including phenoxy) is 1. The topological polar surface area (TPSA) is 21.3 Å². The van der Waals surface area contributed by atoms with Gasteiger partial charge in [-0.05, 0) is 40.2 Å². The predicted molar refractivity (Wildman–Crippen MR) is 63.0 cm³/mol. The van der Waals surface area contributed by atoms with Gasteiger partial charge in [-0.3, -0.25) is 0 Å². The lowest BCUT2D eigenvalue weighted by atomic mass is 9.55. The summed E-state index contributed by atoms with van der Waals surface area (Å²) < 4.78 is 6.07. The van der Waals surface area contributed by atoms with Gasteiger partial charge in [-0.2, -0.15) is 0 Å². The Hall–Kier alpha value is -0.0800. The fourth-order valence-electron chi connectivity index (χ4n) is 3.55. The van der Waals surface area contributed by atoms with E-state index in [4.69, 9.17) is 4.74 Å². The smallest absolute Gasteiger partial charge is 0.0664 e. The third kappa shape index (κ3) is 1.94. The van der Waals surface area contributed by atoms with Crippen molar-refractivity contribution in [2.75, 3.05) is 7.05 Å². The van der Waals surface area contributed by atoms with Gasteiger partial charge in [-0.25, -0.2) is 0 Å². The Balaban J connectivity index is 2.01. The normalized spacial score (nSPS) is 34.4. The fourth-order valence-corrected chi connectivity index (χ4v) is 3.55. The van der Waals surface area contributed by atoms with Crippen LogP contribution in [-0.4, -0.2) is 25.3 Å².